The largest absolute Gasteiger partial charge is 0.457 e. The number of anilines is 3. The van der Waals surface area contributed by atoms with Gasteiger partial charge in [-0.25, -0.2) is 14.0 Å². The molecular weight excluding hydrogens is 1190 g/mol. The lowest BCUT2D eigenvalue weighted by atomic mass is 10.2. The number of hydrogen-bond acceptors (Lipinski definition) is 23. The number of carbonyl (C=O) groups is 3. The van der Waals surface area contributed by atoms with Crippen molar-refractivity contribution in [1.29, 1.82) is 0 Å². The molecule has 4 aromatic carbocycles. The second kappa shape index (κ2) is 44.1. The Morgan fingerprint density at radius 1 is 0.449 bits per heavy atom. The fraction of sp³-hybridized carbons (Fsp3) is 0.450. The number of nitrogens with one attached hydrogen (secondary N) is 1. The van der Waals surface area contributed by atoms with Gasteiger partial charge in [0.2, 0.25) is 5.24 Å². The van der Waals surface area contributed by atoms with E-state index in [1.807, 2.05) is 4.90 Å². The number of benzene rings is 4. The molecule has 0 bridgehead atoms. The molecule has 0 aliphatic carbocycles. The van der Waals surface area contributed by atoms with Gasteiger partial charge in [-0.3, -0.25) is 45.3 Å². The molecule has 494 valence electrons. The molecule has 0 heterocycles. The highest BCUT2D eigenvalue weighted by Crippen LogP contribution is 2.23. The smallest absolute Gasteiger partial charge is 0.333 e. The summed E-state index contributed by atoms with van der Waals surface area (Å²) in [6.45, 7) is 31.7. The van der Waals surface area contributed by atoms with Gasteiger partial charge >= 0.3 is 11.9 Å². The monoisotopic (exact) mass is 1280 g/mol. The van der Waals surface area contributed by atoms with Gasteiger partial charge in [0.25, 0.3) is 22.7 Å². The Kier molecular flexibility index (Phi) is 41.0. The molecule has 0 aromatic heterocycles. The summed E-state index contributed by atoms with van der Waals surface area (Å²) in [5.74, 6) is -1.47. The Morgan fingerprint density at radius 3 is 0.843 bits per heavy atom. The number of esters is 2. The second-order valence-corrected chi connectivity index (χ2v) is 20.9. The number of allylic oxidation sites excluding steroid dienone is 1. The molecule has 8 unspecified atom stereocenters. The van der Waals surface area contributed by atoms with Gasteiger partial charge < -0.3 is 60.1 Å². The number of aliphatic hydroxyl groups excluding tert-OH is 6. The first-order chi connectivity index (χ1) is 41.3. The van der Waals surface area contributed by atoms with Crippen LogP contribution < -0.4 is 20.0 Å². The number of carbonyl (C=O) groups excluding carboxylic acids is 3. The van der Waals surface area contributed by atoms with Gasteiger partial charge in [0.1, 0.15) is 18.0 Å². The van der Waals surface area contributed by atoms with E-state index in [-0.39, 0.29) is 46.1 Å². The molecule has 0 fully saturated rings. The van der Waals surface area contributed by atoms with E-state index < -0.39 is 79.3 Å². The van der Waals surface area contributed by atoms with Crippen molar-refractivity contribution in [3.8, 4) is 0 Å². The van der Waals surface area contributed by atoms with Crippen LogP contribution in [0.3, 0.4) is 0 Å². The summed E-state index contributed by atoms with van der Waals surface area (Å²) in [6, 6.07) is 22.4. The average Bonchev–Trinajstić information content (AvgIpc) is 3.43. The molecule has 0 radical (unpaired) electrons. The zero-order valence-electron chi connectivity index (χ0n) is 52.0. The summed E-state index contributed by atoms with van der Waals surface area (Å²) in [5.41, 5.74) is 3.02. The summed E-state index contributed by atoms with van der Waals surface area (Å²) in [7, 11) is 0. The number of rotatable bonds is 28. The third-order valence-corrected chi connectivity index (χ3v) is 11.1. The number of halogens is 2. The van der Waals surface area contributed by atoms with E-state index in [1.165, 1.54) is 36.4 Å². The SMILES string of the molecule is C=C(C)C(=O)Cl.C=C(C)C(=O)OC(C)CN(CC(C)OC(=O)C(=C)C)c1ccc([N+](=O)[O-])cc1.CC(O)CN(CC(C)O)c1ccc([N+](=O)[O-])cc1.CC(O)CN(CC(C)O)c1ccc([N+](=O)[O-])cc1.CC(O)CNCC(C)O.O=[N+]([O-])c1ccc(F)cc1. The van der Waals surface area contributed by atoms with Gasteiger partial charge in [0.15, 0.2) is 0 Å². The lowest BCUT2D eigenvalue weighted by Crippen LogP contribution is -2.39. The minimum Gasteiger partial charge on any atom is -0.457 e. The van der Waals surface area contributed by atoms with Gasteiger partial charge in [0.05, 0.1) is 69.4 Å². The van der Waals surface area contributed by atoms with E-state index >= 15 is 0 Å². The molecule has 7 N–H and O–H groups in total. The zero-order chi connectivity index (χ0) is 68.8. The molecule has 0 saturated carbocycles. The van der Waals surface area contributed by atoms with E-state index in [4.69, 9.17) is 31.3 Å². The number of hydrogen-bond donors (Lipinski definition) is 7. The summed E-state index contributed by atoms with van der Waals surface area (Å²) < 4.78 is 22.8. The maximum Gasteiger partial charge on any atom is 0.333 e. The molecule has 0 amide bonds. The quantitative estimate of drug-likeness (QED) is 0.00927. The lowest BCUT2D eigenvalue weighted by molar-refractivity contribution is -0.385. The highest BCUT2D eigenvalue weighted by atomic mass is 35.5. The fourth-order valence-corrected chi connectivity index (χ4v) is 6.81. The Morgan fingerprint density at radius 2 is 0.663 bits per heavy atom. The summed E-state index contributed by atoms with van der Waals surface area (Å²) in [4.78, 5) is 78.7. The van der Waals surface area contributed by atoms with Crippen molar-refractivity contribution in [1.82, 2.24) is 5.32 Å². The van der Waals surface area contributed by atoms with Gasteiger partial charge in [0, 0.05) is 122 Å². The van der Waals surface area contributed by atoms with Crippen LogP contribution in [0.4, 0.5) is 44.2 Å². The van der Waals surface area contributed by atoms with Crippen molar-refractivity contribution in [3.05, 3.63) is 180 Å². The Labute approximate surface area is 522 Å². The molecule has 27 nitrogen and oxygen atoms in total. The fourth-order valence-electron chi connectivity index (χ4n) is 6.81. The van der Waals surface area contributed by atoms with Crippen LogP contribution in [0, 0.1) is 46.3 Å². The zero-order valence-corrected chi connectivity index (χ0v) is 52.8. The molecule has 29 heteroatoms. The van der Waals surface area contributed by atoms with E-state index in [0.717, 1.165) is 35.6 Å². The predicted molar refractivity (Wildman–Crippen MR) is 338 cm³/mol. The van der Waals surface area contributed by atoms with Crippen LogP contribution in [0.2, 0.25) is 0 Å². The maximum atomic E-state index is 12.1. The second-order valence-electron chi connectivity index (χ2n) is 20.6. The van der Waals surface area contributed by atoms with E-state index in [1.54, 1.807) is 122 Å². The highest BCUT2D eigenvalue weighted by Gasteiger charge is 2.21. The maximum absolute atomic E-state index is 12.1. The van der Waals surface area contributed by atoms with Crippen molar-refractivity contribution >= 4 is 68.6 Å². The van der Waals surface area contributed by atoms with Crippen LogP contribution in [-0.4, -0.2) is 169 Å². The average molecular weight is 1280 g/mol. The molecule has 89 heavy (non-hydrogen) atoms. The van der Waals surface area contributed by atoms with Gasteiger partial charge in [-0.05, 0) is 136 Å². The van der Waals surface area contributed by atoms with E-state index in [9.17, 15) is 79.7 Å². The van der Waals surface area contributed by atoms with Crippen LogP contribution in [0.5, 0.6) is 0 Å². The van der Waals surface area contributed by atoms with Crippen LogP contribution >= 0.6 is 11.6 Å². The minimum absolute atomic E-state index is 0.0211. The number of ether oxygens (including phenoxy) is 2. The minimum atomic E-state index is -0.570. The predicted octanol–water partition coefficient (Wildman–Crippen LogP) is 8.14. The number of aliphatic hydroxyl groups is 6. The van der Waals surface area contributed by atoms with Crippen LogP contribution in [0.15, 0.2) is 134 Å². The molecule has 0 aliphatic rings. The number of non-ortho nitro benzene ring substituents is 4. The summed E-state index contributed by atoms with van der Waals surface area (Å²) in [5, 5.41) is 99.5. The molecule has 0 spiro atoms. The number of nitro benzene ring substituents is 4. The molecule has 0 saturated heterocycles. The normalized spacial score (nSPS) is 12.9. The first-order valence-electron chi connectivity index (χ1n) is 27.5. The third-order valence-electron chi connectivity index (χ3n) is 10.7. The number of nitrogens with zero attached hydrogens (tertiary/aromatic N) is 7. The Balaban J connectivity index is 0. The first-order valence-corrected chi connectivity index (χ1v) is 27.9. The molecular formula is C60H86ClFN8O19. The van der Waals surface area contributed by atoms with Gasteiger partial charge in [-0.1, -0.05) is 19.7 Å². The lowest BCUT2D eigenvalue weighted by Gasteiger charge is -2.30. The van der Waals surface area contributed by atoms with Gasteiger partial charge in [-0.15, -0.1) is 0 Å². The van der Waals surface area contributed by atoms with Gasteiger partial charge in [-0.2, -0.15) is 0 Å². The third kappa shape index (κ3) is 39.9. The van der Waals surface area contributed by atoms with Crippen molar-refractivity contribution < 1.29 is 78.6 Å². The molecule has 0 aliphatic heterocycles. The molecule has 4 rings (SSSR count). The van der Waals surface area contributed by atoms with E-state index in [2.05, 4.69) is 25.1 Å². The summed E-state index contributed by atoms with van der Waals surface area (Å²) >= 11 is 4.87. The Hall–Kier alpha value is -8.35. The molecule has 8 atom stereocenters. The van der Waals surface area contributed by atoms with Crippen molar-refractivity contribution in [2.45, 2.75) is 125 Å². The van der Waals surface area contributed by atoms with Crippen molar-refractivity contribution in [2.24, 2.45) is 0 Å². The van der Waals surface area contributed by atoms with E-state index in [0.29, 0.717) is 63.6 Å². The van der Waals surface area contributed by atoms with Crippen LogP contribution in [-0.2, 0) is 23.9 Å². The molecule has 4 aromatic rings. The summed E-state index contributed by atoms with van der Waals surface area (Å²) in [6.07, 6.45) is -3.80. The standard InChI is InChI=1S/C20H26N2O6.2C12H18N2O4.C6H4FNO2.C6H15NO2.C4H5ClO/c1-13(2)19(23)27-15(5)11-21(12-16(6)28-20(24)14(3)4)17-7-9-18(10-8-17)22(25)26;2*1-9(15)7-13(8-10(2)16)11-3-5-12(6-4-11)14(17)18;7-5-1-3-6(4-2-5)8(9)10;1-5(8)3-7-4-6(2)9;1-3(2)4(5)6/h7-10,15-16H,1,3,11-12H2,2,4-6H3;2*3-6,9-10,15-16H,7-8H2,1-2H3;1-4H;5-9H,3-4H2,1-2H3;1H2,2H3. The first kappa shape index (κ1) is 82.7. The van der Waals surface area contributed by atoms with Crippen LogP contribution in [0.25, 0.3) is 0 Å². The highest BCUT2D eigenvalue weighted by molar-refractivity contribution is 6.67. The Bertz CT molecular complexity index is 2670. The van der Waals surface area contributed by atoms with Crippen molar-refractivity contribution in [3.63, 3.8) is 0 Å². The topological polar surface area (TPSA) is 385 Å². The van der Waals surface area contributed by atoms with Crippen molar-refractivity contribution in [2.75, 3.05) is 67.1 Å². The number of nitro groups is 4. The van der Waals surface area contributed by atoms with Crippen LogP contribution in [0.1, 0.15) is 76.2 Å².